The number of sulfonamides is 1. The lowest BCUT2D eigenvalue weighted by molar-refractivity contribution is 0.411. The molecule has 140 valence electrons. The van der Waals surface area contributed by atoms with Crippen molar-refractivity contribution in [1.82, 2.24) is 0 Å². The summed E-state index contributed by atoms with van der Waals surface area (Å²) in [4.78, 5) is 2.23. The number of nitrogens with zero attached hydrogens (tertiary/aromatic N) is 1. The molecule has 0 atom stereocenters. The van der Waals surface area contributed by atoms with E-state index in [1.54, 1.807) is 39.2 Å². The number of nitrogens with one attached hydrogen (secondary N) is 1. The van der Waals surface area contributed by atoms with Crippen LogP contribution in [0.1, 0.15) is 24.0 Å². The average molecular weight is 378 g/mol. The Morgan fingerprint density at radius 3 is 2.42 bits per heavy atom. The molecule has 1 aliphatic heterocycles. The summed E-state index contributed by atoms with van der Waals surface area (Å²) in [6.07, 6.45) is 2.08. The molecular weight excluding hydrogens is 355 g/mol. The summed E-state index contributed by atoms with van der Waals surface area (Å²) in [5, 5.41) is 0. The molecule has 0 saturated carbocycles. The van der Waals surface area contributed by atoms with Crippen LogP contribution in [0.3, 0.4) is 0 Å². The zero-order valence-corrected chi connectivity index (χ0v) is 16.0. The monoisotopic (exact) mass is 378 g/mol. The highest BCUT2D eigenvalue weighted by atomic mass is 32.2. The van der Waals surface area contributed by atoms with Crippen LogP contribution in [0.4, 0.5) is 15.8 Å². The number of hydrogen-bond donors (Lipinski definition) is 1. The molecular formula is C19H23FN2O3S. The Labute approximate surface area is 153 Å². The molecule has 0 unspecified atom stereocenters. The summed E-state index contributed by atoms with van der Waals surface area (Å²) < 4.78 is 47.5. The van der Waals surface area contributed by atoms with Gasteiger partial charge < -0.3 is 9.64 Å². The molecule has 2 aromatic rings. The molecule has 1 N–H and O–H groups in total. The van der Waals surface area contributed by atoms with Crippen LogP contribution in [0.15, 0.2) is 35.2 Å². The van der Waals surface area contributed by atoms with E-state index in [0.29, 0.717) is 17.0 Å². The summed E-state index contributed by atoms with van der Waals surface area (Å²) in [7, 11) is -2.31. The molecule has 3 rings (SSSR count). The van der Waals surface area contributed by atoms with Gasteiger partial charge in [0, 0.05) is 19.2 Å². The third kappa shape index (κ3) is 3.62. The van der Waals surface area contributed by atoms with E-state index in [-0.39, 0.29) is 10.6 Å². The highest BCUT2D eigenvalue weighted by Gasteiger charge is 2.23. The van der Waals surface area contributed by atoms with Crippen LogP contribution in [0.5, 0.6) is 5.75 Å². The lowest BCUT2D eigenvalue weighted by Gasteiger charge is -2.22. The predicted molar refractivity (Wildman–Crippen MR) is 101 cm³/mol. The molecule has 1 fully saturated rings. The Hall–Kier alpha value is -2.28. The zero-order chi connectivity index (χ0) is 18.9. The second kappa shape index (κ2) is 7.15. The average Bonchev–Trinajstić information content (AvgIpc) is 3.10. The van der Waals surface area contributed by atoms with Crippen LogP contribution in [0.2, 0.25) is 0 Å². The molecule has 26 heavy (non-hydrogen) atoms. The first-order valence-electron chi connectivity index (χ1n) is 8.54. The molecule has 1 saturated heterocycles. The van der Waals surface area contributed by atoms with Crippen molar-refractivity contribution in [2.75, 3.05) is 29.8 Å². The second-order valence-corrected chi connectivity index (χ2v) is 8.20. The standard InChI is InChI=1S/C19H23FN2O3S/c1-13-11-19(14(2)10-18(13)25-3)26(23,24)21-16-12-15(20)6-7-17(16)22-8-4-5-9-22/h6-7,10-12,21H,4-5,8-9H2,1-3H3. The summed E-state index contributed by atoms with van der Waals surface area (Å²) >= 11 is 0. The van der Waals surface area contributed by atoms with Gasteiger partial charge in [-0.3, -0.25) is 4.72 Å². The lowest BCUT2D eigenvalue weighted by Crippen LogP contribution is -2.22. The molecule has 0 aromatic heterocycles. The van der Waals surface area contributed by atoms with E-state index in [9.17, 15) is 12.8 Å². The normalized spacial score (nSPS) is 14.5. The van der Waals surface area contributed by atoms with E-state index in [4.69, 9.17) is 4.74 Å². The Balaban J connectivity index is 2.00. The van der Waals surface area contributed by atoms with Gasteiger partial charge in [-0.05, 0) is 62.1 Å². The van der Waals surface area contributed by atoms with Crippen molar-refractivity contribution in [2.45, 2.75) is 31.6 Å². The second-order valence-electron chi connectivity index (χ2n) is 6.55. The van der Waals surface area contributed by atoms with Crippen molar-refractivity contribution in [3.05, 3.63) is 47.3 Å². The Kier molecular flexibility index (Phi) is 5.09. The molecule has 0 spiro atoms. The highest BCUT2D eigenvalue weighted by Crippen LogP contribution is 2.33. The number of anilines is 2. The molecule has 0 radical (unpaired) electrons. The van der Waals surface area contributed by atoms with E-state index in [2.05, 4.69) is 9.62 Å². The minimum absolute atomic E-state index is 0.160. The van der Waals surface area contributed by atoms with Gasteiger partial charge in [0.1, 0.15) is 11.6 Å². The Morgan fingerprint density at radius 2 is 1.77 bits per heavy atom. The van der Waals surface area contributed by atoms with Crippen LogP contribution in [-0.2, 0) is 10.0 Å². The molecule has 1 heterocycles. The number of ether oxygens (including phenoxy) is 1. The topological polar surface area (TPSA) is 58.6 Å². The van der Waals surface area contributed by atoms with E-state index in [1.165, 1.54) is 12.1 Å². The first kappa shape index (κ1) is 18.5. The lowest BCUT2D eigenvalue weighted by atomic mass is 10.1. The molecule has 0 amide bonds. The SMILES string of the molecule is COc1cc(C)c(S(=O)(=O)Nc2cc(F)ccc2N2CCCC2)cc1C. The minimum atomic E-state index is -3.86. The van der Waals surface area contributed by atoms with E-state index >= 15 is 0 Å². The maximum atomic E-state index is 13.8. The molecule has 1 aliphatic rings. The fourth-order valence-corrected chi connectivity index (χ4v) is 4.67. The number of hydrogen-bond acceptors (Lipinski definition) is 4. The molecule has 0 bridgehead atoms. The van der Waals surface area contributed by atoms with Crippen LogP contribution in [-0.4, -0.2) is 28.6 Å². The van der Waals surface area contributed by atoms with Gasteiger partial charge in [-0.15, -0.1) is 0 Å². The Morgan fingerprint density at radius 1 is 1.08 bits per heavy atom. The molecule has 5 nitrogen and oxygen atoms in total. The fourth-order valence-electron chi connectivity index (χ4n) is 3.30. The van der Waals surface area contributed by atoms with E-state index in [1.807, 2.05) is 0 Å². The van der Waals surface area contributed by atoms with Gasteiger partial charge in [-0.2, -0.15) is 0 Å². The summed E-state index contributed by atoms with van der Waals surface area (Å²) in [6, 6.07) is 7.48. The quantitative estimate of drug-likeness (QED) is 0.859. The van der Waals surface area contributed by atoms with Crippen LogP contribution < -0.4 is 14.4 Å². The van der Waals surface area contributed by atoms with E-state index < -0.39 is 15.8 Å². The van der Waals surface area contributed by atoms with Crippen LogP contribution in [0.25, 0.3) is 0 Å². The van der Waals surface area contributed by atoms with Crippen molar-refractivity contribution < 1.29 is 17.5 Å². The maximum Gasteiger partial charge on any atom is 0.262 e. The summed E-state index contributed by atoms with van der Waals surface area (Å²) in [5.74, 6) is 0.151. The predicted octanol–water partition coefficient (Wildman–Crippen LogP) is 3.85. The number of aryl methyl sites for hydroxylation is 2. The zero-order valence-electron chi connectivity index (χ0n) is 15.2. The fraction of sp³-hybridized carbons (Fsp3) is 0.368. The van der Waals surface area contributed by atoms with Gasteiger partial charge in [-0.25, -0.2) is 12.8 Å². The van der Waals surface area contributed by atoms with Gasteiger partial charge in [0.2, 0.25) is 0 Å². The van der Waals surface area contributed by atoms with Crippen LogP contribution in [0, 0.1) is 19.7 Å². The smallest absolute Gasteiger partial charge is 0.262 e. The third-order valence-corrected chi connectivity index (χ3v) is 6.14. The number of benzene rings is 2. The van der Waals surface area contributed by atoms with Crippen molar-refractivity contribution in [2.24, 2.45) is 0 Å². The van der Waals surface area contributed by atoms with Gasteiger partial charge in [-0.1, -0.05) is 0 Å². The Bertz CT molecular complexity index is 923. The minimum Gasteiger partial charge on any atom is -0.496 e. The van der Waals surface area contributed by atoms with Crippen molar-refractivity contribution in [3.8, 4) is 5.75 Å². The molecule has 0 aliphatic carbocycles. The molecule has 2 aromatic carbocycles. The largest absolute Gasteiger partial charge is 0.496 e. The van der Waals surface area contributed by atoms with Crippen molar-refractivity contribution in [1.29, 1.82) is 0 Å². The van der Waals surface area contributed by atoms with Gasteiger partial charge in [0.05, 0.1) is 23.4 Å². The number of methoxy groups -OCH3 is 1. The van der Waals surface area contributed by atoms with Gasteiger partial charge in [0.15, 0.2) is 0 Å². The van der Waals surface area contributed by atoms with Gasteiger partial charge >= 0.3 is 0 Å². The van der Waals surface area contributed by atoms with Crippen LogP contribution >= 0.6 is 0 Å². The summed E-state index contributed by atoms with van der Waals surface area (Å²) in [5.41, 5.74) is 2.26. The van der Waals surface area contributed by atoms with E-state index in [0.717, 1.165) is 31.5 Å². The third-order valence-electron chi connectivity index (χ3n) is 4.63. The highest BCUT2D eigenvalue weighted by molar-refractivity contribution is 7.92. The van der Waals surface area contributed by atoms with Gasteiger partial charge in [0.25, 0.3) is 10.0 Å². The molecule has 7 heteroatoms. The summed E-state index contributed by atoms with van der Waals surface area (Å²) in [6.45, 7) is 5.17. The first-order valence-corrected chi connectivity index (χ1v) is 10.0. The maximum absolute atomic E-state index is 13.8. The number of halogens is 1. The number of rotatable bonds is 5. The first-order chi connectivity index (χ1) is 12.3. The van der Waals surface area contributed by atoms with Crippen molar-refractivity contribution >= 4 is 21.4 Å². The van der Waals surface area contributed by atoms with Crippen molar-refractivity contribution in [3.63, 3.8) is 0 Å².